The van der Waals surface area contributed by atoms with E-state index in [-0.39, 0.29) is 12.5 Å². The van der Waals surface area contributed by atoms with Gasteiger partial charge in [0.05, 0.1) is 11.8 Å². The second kappa shape index (κ2) is 6.67. The summed E-state index contributed by atoms with van der Waals surface area (Å²) in [5, 5.41) is 13.2. The molecular formula is C17H24N2O3. The van der Waals surface area contributed by atoms with E-state index in [2.05, 4.69) is 17.1 Å². The number of amides is 1. The van der Waals surface area contributed by atoms with E-state index >= 15 is 0 Å². The number of carbonyl (C=O) groups excluding carboxylic acids is 1. The first-order chi connectivity index (χ1) is 10.6. The van der Waals surface area contributed by atoms with Gasteiger partial charge < -0.3 is 20.1 Å². The summed E-state index contributed by atoms with van der Waals surface area (Å²) in [5.41, 5.74) is 1.48. The number of benzene rings is 1. The van der Waals surface area contributed by atoms with Gasteiger partial charge in [-0.3, -0.25) is 4.79 Å². The Labute approximate surface area is 131 Å². The molecule has 2 heterocycles. The van der Waals surface area contributed by atoms with E-state index in [1.165, 1.54) is 19.3 Å². The molecule has 2 atom stereocenters. The van der Waals surface area contributed by atoms with Crippen LogP contribution >= 0.6 is 0 Å². The van der Waals surface area contributed by atoms with Crippen molar-refractivity contribution in [1.29, 1.82) is 0 Å². The first-order valence-corrected chi connectivity index (χ1v) is 8.12. The topological polar surface area (TPSA) is 61.8 Å². The van der Waals surface area contributed by atoms with Gasteiger partial charge in [-0.05, 0) is 50.4 Å². The number of fused-ring (bicyclic) bond motifs is 1. The molecule has 1 aromatic carbocycles. The van der Waals surface area contributed by atoms with E-state index in [4.69, 9.17) is 4.74 Å². The molecule has 1 saturated heterocycles. The molecule has 0 aliphatic carbocycles. The summed E-state index contributed by atoms with van der Waals surface area (Å²) in [6.07, 6.45) is 4.00. The summed E-state index contributed by atoms with van der Waals surface area (Å²) < 4.78 is 5.34. The van der Waals surface area contributed by atoms with Gasteiger partial charge >= 0.3 is 0 Å². The molecule has 2 N–H and O–H groups in total. The smallest absolute Gasteiger partial charge is 0.262 e. The van der Waals surface area contributed by atoms with Gasteiger partial charge in [-0.15, -0.1) is 0 Å². The zero-order valence-corrected chi connectivity index (χ0v) is 13.0. The number of likely N-dealkylation sites (tertiary alicyclic amines) is 1. The summed E-state index contributed by atoms with van der Waals surface area (Å²) in [7, 11) is 0. The number of anilines is 1. The lowest BCUT2D eigenvalue weighted by atomic mass is 10.0. The molecule has 0 aromatic heterocycles. The highest BCUT2D eigenvalue weighted by Crippen LogP contribution is 2.31. The van der Waals surface area contributed by atoms with Crippen LogP contribution in [0.3, 0.4) is 0 Å². The number of carbonyl (C=O) groups is 1. The fraction of sp³-hybridized carbons (Fsp3) is 0.588. The second-order valence-corrected chi connectivity index (χ2v) is 6.28. The van der Waals surface area contributed by atoms with Crippen LogP contribution in [0, 0.1) is 0 Å². The van der Waals surface area contributed by atoms with Gasteiger partial charge in [0.2, 0.25) is 0 Å². The molecule has 22 heavy (non-hydrogen) atoms. The van der Waals surface area contributed by atoms with Crippen molar-refractivity contribution in [3.05, 3.63) is 23.8 Å². The van der Waals surface area contributed by atoms with Crippen LogP contribution in [0.2, 0.25) is 0 Å². The number of hydrogen-bond acceptors (Lipinski definition) is 4. The first kappa shape index (κ1) is 15.3. The summed E-state index contributed by atoms with van der Waals surface area (Å²) in [6.45, 7) is 4.35. The fourth-order valence-corrected chi connectivity index (χ4v) is 3.25. The maximum absolute atomic E-state index is 11.4. The molecular weight excluding hydrogens is 280 g/mol. The molecule has 2 unspecified atom stereocenters. The summed E-state index contributed by atoms with van der Waals surface area (Å²) >= 11 is 0. The molecule has 3 rings (SSSR count). The molecule has 120 valence electrons. The van der Waals surface area contributed by atoms with E-state index in [1.54, 1.807) is 0 Å². The van der Waals surface area contributed by atoms with E-state index in [1.807, 2.05) is 18.2 Å². The normalized spacial score (nSPS) is 23.4. The number of aliphatic hydroxyl groups is 1. The molecule has 0 spiro atoms. The Morgan fingerprint density at radius 1 is 1.45 bits per heavy atom. The van der Waals surface area contributed by atoms with Crippen molar-refractivity contribution in [2.24, 2.45) is 0 Å². The van der Waals surface area contributed by atoms with Crippen LogP contribution in [0.25, 0.3) is 0 Å². The van der Waals surface area contributed by atoms with Crippen molar-refractivity contribution >= 4 is 11.6 Å². The molecule has 5 heteroatoms. The van der Waals surface area contributed by atoms with Crippen LogP contribution in [0.4, 0.5) is 5.69 Å². The molecule has 0 saturated carbocycles. The van der Waals surface area contributed by atoms with Crippen LogP contribution in [0.5, 0.6) is 5.75 Å². The molecule has 1 amide bonds. The Kier molecular flexibility index (Phi) is 4.64. The zero-order chi connectivity index (χ0) is 15.5. The second-order valence-electron chi connectivity index (χ2n) is 6.28. The van der Waals surface area contributed by atoms with Crippen LogP contribution in [0.15, 0.2) is 18.2 Å². The van der Waals surface area contributed by atoms with E-state index in [0.717, 1.165) is 18.7 Å². The Balaban J connectivity index is 1.61. The molecule has 1 fully saturated rings. The quantitative estimate of drug-likeness (QED) is 0.896. The lowest BCUT2D eigenvalue weighted by Gasteiger charge is -2.33. The third-order valence-corrected chi connectivity index (χ3v) is 4.65. The average Bonchev–Trinajstić information content (AvgIpc) is 2.53. The SMILES string of the molecule is CC1CCCCN1CCC(O)c1ccc2c(c1)NC(=O)CO2. The fourth-order valence-electron chi connectivity index (χ4n) is 3.25. The van der Waals surface area contributed by atoms with Crippen molar-refractivity contribution in [3.63, 3.8) is 0 Å². The first-order valence-electron chi connectivity index (χ1n) is 8.12. The van der Waals surface area contributed by atoms with E-state index < -0.39 is 6.10 Å². The van der Waals surface area contributed by atoms with Gasteiger partial charge in [0.1, 0.15) is 5.75 Å². The molecule has 1 aromatic rings. The number of nitrogens with one attached hydrogen (secondary N) is 1. The van der Waals surface area contributed by atoms with Gasteiger partial charge in [-0.1, -0.05) is 12.5 Å². The Hall–Kier alpha value is -1.59. The van der Waals surface area contributed by atoms with Gasteiger partial charge in [-0.2, -0.15) is 0 Å². The van der Waals surface area contributed by atoms with Gasteiger partial charge in [-0.25, -0.2) is 0 Å². The van der Waals surface area contributed by atoms with Crippen molar-refractivity contribution in [2.75, 3.05) is 25.0 Å². The lowest BCUT2D eigenvalue weighted by molar-refractivity contribution is -0.118. The van der Waals surface area contributed by atoms with Crippen molar-refractivity contribution in [1.82, 2.24) is 4.90 Å². The maximum atomic E-state index is 11.4. The van der Waals surface area contributed by atoms with Crippen LogP contribution in [0.1, 0.15) is 44.3 Å². The molecule has 2 aliphatic heterocycles. The summed E-state index contributed by atoms with van der Waals surface area (Å²) in [6, 6.07) is 6.12. The number of rotatable bonds is 4. The predicted molar refractivity (Wildman–Crippen MR) is 85.0 cm³/mol. The maximum Gasteiger partial charge on any atom is 0.262 e. The minimum absolute atomic E-state index is 0.0573. The third kappa shape index (κ3) is 3.42. The van der Waals surface area contributed by atoms with Crippen LogP contribution in [-0.4, -0.2) is 41.7 Å². The number of piperidine rings is 1. The average molecular weight is 304 g/mol. The molecule has 0 bridgehead atoms. The number of hydrogen-bond donors (Lipinski definition) is 2. The highest BCUT2D eigenvalue weighted by atomic mass is 16.5. The van der Waals surface area contributed by atoms with Crippen molar-refractivity contribution < 1.29 is 14.6 Å². The Bertz CT molecular complexity index is 547. The third-order valence-electron chi connectivity index (χ3n) is 4.65. The lowest BCUT2D eigenvalue weighted by Crippen LogP contribution is -2.38. The Morgan fingerprint density at radius 3 is 3.14 bits per heavy atom. The van der Waals surface area contributed by atoms with E-state index in [9.17, 15) is 9.90 Å². The number of aliphatic hydroxyl groups excluding tert-OH is 1. The van der Waals surface area contributed by atoms with Gasteiger partial charge in [0.25, 0.3) is 5.91 Å². The van der Waals surface area contributed by atoms with E-state index in [0.29, 0.717) is 23.9 Å². The van der Waals surface area contributed by atoms with Crippen LogP contribution < -0.4 is 10.1 Å². The van der Waals surface area contributed by atoms with Gasteiger partial charge in [0, 0.05) is 12.6 Å². The van der Waals surface area contributed by atoms with Gasteiger partial charge in [0.15, 0.2) is 6.61 Å². The van der Waals surface area contributed by atoms with Crippen molar-refractivity contribution in [2.45, 2.75) is 44.8 Å². The predicted octanol–water partition coefficient (Wildman–Crippen LogP) is 2.32. The standard InChI is InChI=1S/C17H24N2O3/c1-12-4-2-3-8-19(12)9-7-15(20)13-5-6-16-14(10-13)18-17(21)11-22-16/h5-6,10,12,15,20H,2-4,7-9,11H2,1H3,(H,18,21). The minimum Gasteiger partial charge on any atom is -0.482 e. The Morgan fingerprint density at radius 2 is 2.32 bits per heavy atom. The molecule has 5 nitrogen and oxygen atoms in total. The number of ether oxygens (including phenoxy) is 1. The minimum atomic E-state index is -0.516. The van der Waals surface area contributed by atoms with Crippen molar-refractivity contribution in [3.8, 4) is 5.75 Å². The summed E-state index contributed by atoms with van der Waals surface area (Å²) in [5.74, 6) is 0.515. The number of nitrogens with zero attached hydrogens (tertiary/aromatic N) is 1. The molecule has 0 radical (unpaired) electrons. The molecule has 2 aliphatic rings. The zero-order valence-electron chi connectivity index (χ0n) is 13.0. The monoisotopic (exact) mass is 304 g/mol. The highest BCUT2D eigenvalue weighted by molar-refractivity contribution is 5.95. The largest absolute Gasteiger partial charge is 0.482 e. The van der Waals surface area contributed by atoms with Crippen LogP contribution in [-0.2, 0) is 4.79 Å². The highest BCUT2D eigenvalue weighted by Gasteiger charge is 2.21. The summed E-state index contributed by atoms with van der Waals surface area (Å²) in [4.78, 5) is 13.8.